The van der Waals surface area contributed by atoms with Crippen LogP contribution in [0.15, 0.2) is 0 Å². The van der Waals surface area contributed by atoms with E-state index in [2.05, 4.69) is 20.8 Å². The molecule has 0 N–H and O–H groups in total. The van der Waals surface area contributed by atoms with Crippen LogP contribution in [0, 0.1) is 5.92 Å². The molecule has 0 aliphatic heterocycles. The molecule has 424 valence electrons. The van der Waals surface area contributed by atoms with Gasteiger partial charge in [0.2, 0.25) is 0 Å². The summed E-state index contributed by atoms with van der Waals surface area (Å²) in [5, 5.41) is 0. The monoisotopic (exact) mass is 1000 g/mol. The van der Waals surface area contributed by atoms with Gasteiger partial charge in [-0.3, -0.25) is 9.59 Å². The standard InChI is InChI=1S/C67H132O4/c1-4-7-10-13-16-19-22-25-28-31-34-36-39-42-45-48-51-54-57-60-63-70-66(68)65(62-59-56-53-50-47-44-41-38-33-30-27-24-21-18-15-12-9-6-3)67(69)71-64-61-58-55-52-49-46-43-40-37-35-32-29-26-23-20-17-14-11-8-5-2/h65H,4-64H2,1-3H3. The highest BCUT2D eigenvalue weighted by molar-refractivity contribution is 5.94. The first-order valence-corrected chi connectivity index (χ1v) is 33.5. The molecule has 0 aromatic rings. The Balaban J connectivity index is 4.18. The van der Waals surface area contributed by atoms with Gasteiger partial charge in [-0.1, -0.05) is 380 Å². The minimum atomic E-state index is -0.758. The van der Waals surface area contributed by atoms with Crippen LogP contribution in [0.2, 0.25) is 0 Å². The van der Waals surface area contributed by atoms with Crippen molar-refractivity contribution in [1.29, 1.82) is 0 Å². The normalized spacial score (nSPS) is 11.6. The molecule has 0 heterocycles. The molecule has 4 heteroatoms. The van der Waals surface area contributed by atoms with Crippen molar-refractivity contribution in [3.63, 3.8) is 0 Å². The summed E-state index contributed by atoms with van der Waals surface area (Å²) < 4.78 is 11.5. The summed E-state index contributed by atoms with van der Waals surface area (Å²) >= 11 is 0. The Kier molecular flexibility index (Phi) is 62.3. The van der Waals surface area contributed by atoms with Crippen molar-refractivity contribution >= 4 is 11.9 Å². The van der Waals surface area contributed by atoms with Gasteiger partial charge in [0.1, 0.15) is 0 Å². The van der Waals surface area contributed by atoms with Crippen LogP contribution in [0.4, 0.5) is 0 Å². The van der Waals surface area contributed by atoms with Crippen LogP contribution in [-0.2, 0) is 19.1 Å². The maximum Gasteiger partial charge on any atom is 0.320 e. The van der Waals surface area contributed by atoms with Crippen molar-refractivity contribution in [3.05, 3.63) is 0 Å². The first-order chi connectivity index (χ1) is 35.2. The molecule has 0 aliphatic carbocycles. The van der Waals surface area contributed by atoms with Gasteiger partial charge >= 0.3 is 11.9 Å². The molecule has 4 nitrogen and oxygen atoms in total. The molecule has 0 saturated carbocycles. The van der Waals surface area contributed by atoms with E-state index >= 15 is 0 Å². The average molecular weight is 1000 g/mol. The van der Waals surface area contributed by atoms with E-state index in [4.69, 9.17) is 9.47 Å². The lowest BCUT2D eigenvalue weighted by Gasteiger charge is -2.15. The highest BCUT2D eigenvalue weighted by Gasteiger charge is 2.29. The molecule has 0 atom stereocenters. The Labute approximate surface area is 447 Å². The van der Waals surface area contributed by atoms with E-state index in [0.29, 0.717) is 19.6 Å². The molecule has 0 rings (SSSR count). The van der Waals surface area contributed by atoms with E-state index in [1.807, 2.05) is 0 Å². The Morgan fingerprint density at radius 3 is 0.521 bits per heavy atom. The molecule has 0 aliphatic rings. The van der Waals surface area contributed by atoms with Crippen LogP contribution in [0.1, 0.15) is 400 Å². The molecule has 0 bridgehead atoms. The zero-order valence-corrected chi connectivity index (χ0v) is 49.3. The number of hydrogen-bond acceptors (Lipinski definition) is 4. The van der Waals surface area contributed by atoms with E-state index in [1.54, 1.807) is 0 Å². The molecule has 71 heavy (non-hydrogen) atoms. The predicted molar refractivity (Wildman–Crippen MR) is 315 cm³/mol. The first kappa shape index (κ1) is 69.9. The number of carbonyl (C=O) groups excluding carboxylic acids is 2. The lowest BCUT2D eigenvalue weighted by Crippen LogP contribution is -2.28. The topological polar surface area (TPSA) is 52.6 Å². The van der Waals surface area contributed by atoms with Gasteiger partial charge in [0, 0.05) is 0 Å². The van der Waals surface area contributed by atoms with Crippen LogP contribution >= 0.6 is 0 Å². The van der Waals surface area contributed by atoms with Gasteiger partial charge in [-0.15, -0.1) is 0 Å². The maximum absolute atomic E-state index is 13.3. The van der Waals surface area contributed by atoms with Crippen molar-refractivity contribution in [2.24, 2.45) is 5.92 Å². The van der Waals surface area contributed by atoms with Crippen LogP contribution < -0.4 is 0 Å². The molecule has 0 fully saturated rings. The second kappa shape index (κ2) is 63.2. The van der Waals surface area contributed by atoms with Gasteiger partial charge in [-0.25, -0.2) is 0 Å². The third kappa shape index (κ3) is 58.1. The van der Waals surface area contributed by atoms with Crippen molar-refractivity contribution < 1.29 is 19.1 Å². The fourth-order valence-corrected chi connectivity index (χ4v) is 10.8. The fourth-order valence-electron chi connectivity index (χ4n) is 10.8. The zero-order chi connectivity index (χ0) is 51.3. The summed E-state index contributed by atoms with van der Waals surface area (Å²) in [5.41, 5.74) is 0. The van der Waals surface area contributed by atoms with Gasteiger partial charge in [-0.2, -0.15) is 0 Å². The summed E-state index contributed by atoms with van der Waals surface area (Å²) in [7, 11) is 0. The van der Waals surface area contributed by atoms with E-state index in [9.17, 15) is 9.59 Å². The molecular weight excluding hydrogens is 869 g/mol. The minimum absolute atomic E-state index is 0.344. The van der Waals surface area contributed by atoms with Crippen LogP contribution in [0.25, 0.3) is 0 Å². The number of esters is 2. The van der Waals surface area contributed by atoms with Gasteiger partial charge in [0.15, 0.2) is 5.92 Å². The predicted octanol–water partition coefficient (Wildman–Crippen LogP) is 23.8. The molecule has 0 amide bonds. The van der Waals surface area contributed by atoms with E-state index < -0.39 is 5.92 Å². The van der Waals surface area contributed by atoms with E-state index in [0.717, 1.165) is 38.5 Å². The fraction of sp³-hybridized carbons (Fsp3) is 0.970. The largest absolute Gasteiger partial charge is 0.465 e. The summed E-state index contributed by atoms with van der Waals surface area (Å²) in [4.78, 5) is 26.6. The summed E-state index contributed by atoms with van der Waals surface area (Å²) in [6, 6.07) is 0. The summed E-state index contributed by atoms with van der Waals surface area (Å²) in [5.74, 6) is -1.45. The van der Waals surface area contributed by atoms with E-state index in [-0.39, 0.29) is 11.9 Å². The Morgan fingerprint density at radius 2 is 0.352 bits per heavy atom. The highest BCUT2D eigenvalue weighted by atomic mass is 16.6. The van der Waals surface area contributed by atoms with Gasteiger partial charge in [0.05, 0.1) is 13.2 Å². The molecule has 0 saturated heterocycles. The second-order valence-electron chi connectivity index (χ2n) is 23.1. The Hall–Kier alpha value is -1.06. The quantitative estimate of drug-likeness (QED) is 0.0346. The lowest BCUT2D eigenvalue weighted by molar-refractivity contribution is -0.162. The van der Waals surface area contributed by atoms with Crippen molar-refractivity contribution in [3.8, 4) is 0 Å². The Morgan fingerprint density at radius 1 is 0.211 bits per heavy atom. The number of rotatable bonds is 63. The smallest absolute Gasteiger partial charge is 0.320 e. The lowest BCUT2D eigenvalue weighted by atomic mass is 9.99. The zero-order valence-electron chi connectivity index (χ0n) is 49.3. The molecule has 0 radical (unpaired) electrons. The van der Waals surface area contributed by atoms with Crippen molar-refractivity contribution in [1.82, 2.24) is 0 Å². The molecule has 0 aromatic carbocycles. The van der Waals surface area contributed by atoms with Crippen LogP contribution in [0.3, 0.4) is 0 Å². The molecule has 0 spiro atoms. The third-order valence-corrected chi connectivity index (χ3v) is 15.9. The van der Waals surface area contributed by atoms with Crippen molar-refractivity contribution in [2.75, 3.05) is 13.2 Å². The van der Waals surface area contributed by atoms with Crippen LogP contribution in [0.5, 0.6) is 0 Å². The molecule has 0 aromatic heterocycles. The Bertz CT molecular complexity index is 937. The van der Waals surface area contributed by atoms with Gasteiger partial charge in [-0.05, 0) is 19.3 Å². The highest BCUT2D eigenvalue weighted by Crippen LogP contribution is 2.21. The SMILES string of the molecule is CCCCCCCCCCCCCCCCCCCCCCOC(=O)C(CCCCCCCCCCCCCCCCCCCC)C(=O)OCCCCCCCCCCCCCCCCCCCCCC. The first-order valence-electron chi connectivity index (χ1n) is 33.5. The van der Waals surface area contributed by atoms with Gasteiger partial charge < -0.3 is 9.47 Å². The summed E-state index contributed by atoms with van der Waals surface area (Å²) in [6.07, 6.45) is 78.8. The van der Waals surface area contributed by atoms with Crippen molar-refractivity contribution in [2.45, 2.75) is 400 Å². The number of carbonyl (C=O) groups is 2. The maximum atomic E-state index is 13.3. The van der Waals surface area contributed by atoms with Crippen LogP contribution in [-0.4, -0.2) is 25.2 Å². The van der Waals surface area contributed by atoms with Gasteiger partial charge in [0.25, 0.3) is 0 Å². The van der Waals surface area contributed by atoms with E-state index in [1.165, 1.54) is 334 Å². The average Bonchev–Trinajstić information content (AvgIpc) is 3.37. The number of hydrogen-bond donors (Lipinski definition) is 0. The third-order valence-electron chi connectivity index (χ3n) is 15.9. The summed E-state index contributed by atoms with van der Waals surface area (Å²) in [6.45, 7) is 7.76. The second-order valence-corrected chi connectivity index (χ2v) is 23.1. The number of unbranched alkanes of at least 4 members (excludes halogenated alkanes) is 55. The molecular formula is C67H132O4. The number of ether oxygens (including phenoxy) is 2. The minimum Gasteiger partial charge on any atom is -0.465 e. The molecule has 0 unspecified atom stereocenters.